The van der Waals surface area contributed by atoms with Crippen molar-refractivity contribution in [3.8, 4) is 0 Å². The fourth-order valence-corrected chi connectivity index (χ4v) is 1.74. The normalized spacial score (nSPS) is 13.9. The molecule has 18 heavy (non-hydrogen) atoms. The zero-order valence-corrected chi connectivity index (χ0v) is 10.8. The number of aryl methyl sites for hydroxylation is 1. The highest BCUT2D eigenvalue weighted by Crippen LogP contribution is 2.29. The maximum absolute atomic E-state index is 12.3. The van der Waals surface area contributed by atoms with E-state index in [0.717, 1.165) is 37.0 Å². The molecule has 0 aliphatic carbocycles. The average Bonchev–Trinajstić information content (AvgIpc) is 2.28. The fourth-order valence-electron chi connectivity index (χ4n) is 1.74. The lowest BCUT2D eigenvalue weighted by atomic mass is 9.97. The van der Waals surface area contributed by atoms with Gasteiger partial charge in [0.05, 0.1) is 5.56 Å². The lowest BCUT2D eigenvalue weighted by Gasteiger charge is -2.15. The van der Waals surface area contributed by atoms with Crippen molar-refractivity contribution < 1.29 is 13.2 Å². The van der Waals surface area contributed by atoms with Gasteiger partial charge in [-0.15, -0.1) is 0 Å². The van der Waals surface area contributed by atoms with Crippen LogP contribution in [0.5, 0.6) is 0 Å². The van der Waals surface area contributed by atoms with Gasteiger partial charge in [0, 0.05) is 6.04 Å². The van der Waals surface area contributed by atoms with Crippen molar-refractivity contribution in [2.45, 2.75) is 45.3 Å². The van der Waals surface area contributed by atoms with Gasteiger partial charge in [-0.25, -0.2) is 0 Å². The Bertz CT molecular complexity index is 354. The van der Waals surface area contributed by atoms with Gasteiger partial charge in [0.2, 0.25) is 0 Å². The Morgan fingerprint density at radius 1 is 1.11 bits per heavy atom. The largest absolute Gasteiger partial charge is 0.416 e. The number of alkyl halides is 3. The lowest BCUT2D eigenvalue weighted by Crippen LogP contribution is -2.26. The van der Waals surface area contributed by atoms with E-state index in [2.05, 4.69) is 13.8 Å². The standard InChI is InChI=1S/C14H20F3N/c1-10(2)13(18)5-3-4-11-6-8-12(9-7-11)14(15,16)17/h6-10,13H,3-5,18H2,1-2H3. The van der Waals surface area contributed by atoms with E-state index >= 15 is 0 Å². The van der Waals surface area contributed by atoms with Crippen molar-refractivity contribution in [3.63, 3.8) is 0 Å². The molecule has 102 valence electrons. The topological polar surface area (TPSA) is 26.0 Å². The number of benzene rings is 1. The molecule has 0 heterocycles. The third kappa shape index (κ3) is 4.69. The van der Waals surface area contributed by atoms with Crippen molar-refractivity contribution >= 4 is 0 Å². The van der Waals surface area contributed by atoms with Crippen molar-refractivity contribution in [2.75, 3.05) is 0 Å². The summed E-state index contributed by atoms with van der Waals surface area (Å²) in [4.78, 5) is 0. The number of halogens is 3. The molecule has 0 spiro atoms. The van der Waals surface area contributed by atoms with E-state index in [4.69, 9.17) is 5.73 Å². The Morgan fingerprint density at radius 2 is 1.67 bits per heavy atom. The molecule has 4 heteroatoms. The van der Waals surface area contributed by atoms with Gasteiger partial charge in [-0.2, -0.15) is 13.2 Å². The first-order valence-electron chi connectivity index (χ1n) is 6.22. The van der Waals surface area contributed by atoms with E-state index in [1.807, 2.05) is 0 Å². The van der Waals surface area contributed by atoms with Crippen LogP contribution in [0.1, 0.15) is 37.8 Å². The maximum atomic E-state index is 12.3. The molecule has 1 aromatic carbocycles. The Kier molecular flexibility index (Phi) is 5.20. The van der Waals surface area contributed by atoms with Crippen LogP contribution in [0, 0.1) is 5.92 Å². The molecule has 1 nitrogen and oxygen atoms in total. The SMILES string of the molecule is CC(C)C(N)CCCc1ccc(C(F)(F)F)cc1. The van der Waals surface area contributed by atoms with E-state index in [-0.39, 0.29) is 6.04 Å². The number of rotatable bonds is 5. The molecule has 0 aliphatic heterocycles. The van der Waals surface area contributed by atoms with Crippen LogP contribution in [-0.2, 0) is 12.6 Å². The second-order valence-corrected chi connectivity index (χ2v) is 4.99. The van der Waals surface area contributed by atoms with E-state index in [9.17, 15) is 13.2 Å². The number of nitrogens with two attached hydrogens (primary N) is 1. The predicted octanol–water partition coefficient (Wildman–Crippen LogP) is 4.01. The first-order chi connectivity index (χ1) is 8.30. The summed E-state index contributed by atoms with van der Waals surface area (Å²) in [5, 5.41) is 0. The Hall–Kier alpha value is -1.03. The molecule has 0 amide bonds. The summed E-state index contributed by atoms with van der Waals surface area (Å²) in [6.07, 6.45) is -1.67. The molecule has 1 atom stereocenters. The number of hydrogen-bond acceptors (Lipinski definition) is 1. The van der Waals surface area contributed by atoms with Crippen LogP contribution in [-0.4, -0.2) is 6.04 Å². The quantitative estimate of drug-likeness (QED) is 0.849. The van der Waals surface area contributed by atoms with Crippen LogP contribution in [0.15, 0.2) is 24.3 Å². The van der Waals surface area contributed by atoms with Gasteiger partial charge < -0.3 is 5.73 Å². The summed E-state index contributed by atoms with van der Waals surface area (Å²) in [7, 11) is 0. The summed E-state index contributed by atoms with van der Waals surface area (Å²) < 4.78 is 37.0. The third-order valence-electron chi connectivity index (χ3n) is 3.14. The summed E-state index contributed by atoms with van der Waals surface area (Å²) >= 11 is 0. The highest BCUT2D eigenvalue weighted by atomic mass is 19.4. The third-order valence-corrected chi connectivity index (χ3v) is 3.14. The number of hydrogen-bond donors (Lipinski definition) is 1. The molecule has 0 aromatic heterocycles. The molecule has 0 fully saturated rings. The minimum atomic E-state index is -4.25. The Balaban J connectivity index is 2.45. The minimum absolute atomic E-state index is 0.166. The summed E-state index contributed by atoms with van der Waals surface area (Å²) in [5.74, 6) is 0.442. The molecule has 0 radical (unpaired) electrons. The first kappa shape index (κ1) is 15.0. The maximum Gasteiger partial charge on any atom is 0.416 e. The van der Waals surface area contributed by atoms with Crippen LogP contribution < -0.4 is 5.73 Å². The average molecular weight is 259 g/mol. The van der Waals surface area contributed by atoms with E-state index in [1.165, 1.54) is 0 Å². The highest BCUT2D eigenvalue weighted by molar-refractivity contribution is 5.24. The monoisotopic (exact) mass is 259 g/mol. The van der Waals surface area contributed by atoms with E-state index < -0.39 is 11.7 Å². The van der Waals surface area contributed by atoms with Crippen molar-refractivity contribution in [2.24, 2.45) is 11.7 Å². The molecule has 1 unspecified atom stereocenters. The van der Waals surface area contributed by atoms with Crippen LogP contribution in [0.3, 0.4) is 0 Å². The van der Waals surface area contributed by atoms with Crippen molar-refractivity contribution in [3.05, 3.63) is 35.4 Å². The molecule has 0 saturated carbocycles. The molecule has 1 rings (SSSR count). The molecule has 0 aliphatic rings. The highest BCUT2D eigenvalue weighted by Gasteiger charge is 2.29. The molecular weight excluding hydrogens is 239 g/mol. The van der Waals surface area contributed by atoms with Crippen LogP contribution in [0.25, 0.3) is 0 Å². The summed E-state index contributed by atoms with van der Waals surface area (Å²) in [6.45, 7) is 4.14. The predicted molar refractivity (Wildman–Crippen MR) is 67.2 cm³/mol. The zero-order valence-electron chi connectivity index (χ0n) is 10.8. The van der Waals surface area contributed by atoms with Gasteiger partial charge in [0.15, 0.2) is 0 Å². The van der Waals surface area contributed by atoms with Gasteiger partial charge >= 0.3 is 6.18 Å². The van der Waals surface area contributed by atoms with Gasteiger partial charge in [-0.3, -0.25) is 0 Å². The van der Waals surface area contributed by atoms with Crippen LogP contribution >= 0.6 is 0 Å². The second-order valence-electron chi connectivity index (χ2n) is 4.99. The van der Waals surface area contributed by atoms with Crippen LogP contribution in [0.4, 0.5) is 13.2 Å². The van der Waals surface area contributed by atoms with Crippen molar-refractivity contribution in [1.29, 1.82) is 0 Å². The smallest absolute Gasteiger partial charge is 0.327 e. The molecular formula is C14H20F3N. The Morgan fingerprint density at radius 3 is 2.11 bits per heavy atom. The molecule has 1 aromatic rings. The molecule has 0 bridgehead atoms. The van der Waals surface area contributed by atoms with E-state index in [0.29, 0.717) is 5.92 Å². The summed E-state index contributed by atoms with van der Waals surface area (Å²) in [5.41, 5.74) is 6.25. The van der Waals surface area contributed by atoms with Crippen LogP contribution in [0.2, 0.25) is 0 Å². The van der Waals surface area contributed by atoms with Gasteiger partial charge in [0.1, 0.15) is 0 Å². The second kappa shape index (κ2) is 6.23. The van der Waals surface area contributed by atoms with Gasteiger partial charge in [-0.05, 0) is 42.9 Å². The van der Waals surface area contributed by atoms with Crippen molar-refractivity contribution in [1.82, 2.24) is 0 Å². The molecule has 2 N–H and O–H groups in total. The van der Waals surface area contributed by atoms with E-state index in [1.54, 1.807) is 12.1 Å². The molecule has 0 saturated heterocycles. The fraction of sp³-hybridized carbons (Fsp3) is 0.571. The van der Waals surface area contributed by atoms with Gasteiger partial charge in [0.25, 0.3) is 0 Å². The minimum Gasteiger partial charge on any atom is -0.327 e. The lowest BCUT2D eigenvalue weighted by molar-refractivity contribution is -0.137. The summed E-state index contributed by atoms with van der Waals surface area (Å²) in [6, 6.07) is 5.53. The zero-order chi connectivity index (χ0) is 13.8. The van der Waals surface area contributed by atoms with Gasteiger partial charge in [-0.1, -0.05) is 26.0 Å². The Labute approximate surface area is 106 Å². The first-order valence-corrected chi connectivity index (χ1v) is 6.22.